The first kappa shape index (κ1) is 12.4. The number of rotatable bonds is 2. The molecule has 1 aromatic heterocycles. The van der Waals surface area contributed by atoms with Crippen LogP contribution >= 0.6 is 0 Å². The van der Waals surface area contributed by atoms with Crippen molar-refractivity contribution in [1.82, 2.24) is 0 Å². The van der Waals surface area contributed by atoms with Gasteiger partial charge in [-0.05, 0) is 0 Å². The number of hydrogen-bond donors (Lipinski definition) is 0. The van der Waals surface area contributed by atoms with Crippen LogP contribution in [-0.4, -0.2) is 6.91 Å². The zero-order valence-electron chi connectivity index (χ0n) is 11.5. The third kappa shape index (κ3) is 2.70. The van der Waals surface area contributed by atoms with Crippen molar-refractivity contribution < 1.29 is 0 Å². The van der Waals surface area contributed by atoms with Crippen molar-refractivity contribution in [3.8, 4) is 0 Å². The quantitative estimate of drug-likeness (QED) is 0.673. The summed E-state index contributed by atoms with van der Waals surface area (Å²) in [6, 6.07) is 4.69. The standard InChI is InChI=1S/C17H25B/c1-3-8-14(9-4-1)16-12-7-13-18-17(16)15-10-5-2-6-11-15/h7,12-15H,1-6,8-11H2. The van der Waals surface area contributed by atoms with E-state index in [2.05, 4.69) is 25.0 Å². The molecule has 0 saturated heterocycles. The Labute approximate surface area is 112 Å². The Morgan fingerprint density at radius 3 is 2.06 bits per heavy atom. The summed E-state index contributed by atoms with van der Waals surface area (Å²) in [5.41, 5.74) is 3.42. The van der Waals surface area contributed by atoms with Crippen LogP contribution in [0, 0.1) is 0 Å². The summed E-state index contributed by atoms with van der Waals surface area (Å²) in [7, 11) is 0. The van der Waals surface area contributed by atoms with Gasteiger partial charge in [-0.25, -0.2) is 0 Å². The van der Waals surface area contributed by atoms with Crippen molar-refractivity contribution >= 4 is 6.91 Å². The van der Waals surface area contributed by atoms with Gasteiger partial charge in [0.05, 0.1) is 0 Å². The van der Waals surface area contributed by atoms with E-state index in [0.717, 1.165) is 11.8 Å². The molecule has 0 atom stereocenters. The summed E-state index contributed by atoms with van der Waals surface area (Å²) in [5.74, 6) is 4.00. The fourth-order valence-corrected chi connectivity index (χ4v) is 4.08. The van der Waals surface area contributed by atoms with Crippen LogP contribution in [0.5, 0.6) is 0 Å². The monoisotopic (exact) mass is 240 g/mol. The molecule has 0 bridgehead atoms. The van der Waals surface area contributed by atoms with Crippen molar-refractivity contribution in [1.29, 1.82) is 0 Å². The normalized spacial score (nSPS) is 22.9. The van der Waals surface area contributed by atoms with Gasteiger partial charge in [0, 0.05) is 0 Å². The second kappa shape index (κ2) is 6.04. The predicted octanol–water partition coefficient (Wildman–Crippen LogP) is 5.12. The molecule has 1 heterocycles. The van der Waals surface area contributed by atoms with Gasteiger partial charge < -0.3 is 0 Å². The molecule has 0 amide bonds. The van der Waals surface area contributed by atoms with Crippen LogP contribution in [0.2, 0.25) is 0 Å². The zero-order chi connectivity index (χ0) is 12.2. The molecule has 0 spiro atoms. The average Bonchev–Trinajstić information content (AvgIpc) is 2.49. The van der Waals surface area contributed by atoms with Gasteiger partial charge in [-0.15, -0.1) is 0 Å². The van der Waals surface area contributed by atoms with Crippen LogP contribution in [0.15, 0.2) is 18.1 Å². The van der Waals surface area contributed by atoms with Crippen molar-refractivity contribution in [2.45, 2.75) is 76.0 Å². The van der Waals surface area contributed by atoms with Crippen molar-refractivity contribution in [2.75, 3.05) is 0 Å². The Morgan fingerprint density at radius 2 is 1.39 bits per heavy atom. The Bertz CT molecular complexity index is 336. The SMILES string of the molecule is b1cccc(C2CCCCC2)c1C1CCCCC1. The molecule has 96 valence electrons. The van der Waals surface area contributed by atoms with Gasteiger partial charge in [0.1, 0.15) is 0 Å². The van der Waals surface area contributed by atoms with E-state index in [-0.39, 0.29) is 0 Å². The predicted molar refractivity (Wildman–Crippen MR) is 79.4 cm³/mol. The molecule has 3 rings (SSSR count). The van der Waals surface area contributed by atoms with Gasteiger partial charge in [0.25, 0.3) is 0 Å². The minimum absolute atomic E-state index is 0.872. The topological polar surface area (TPSA) is 0 Å². The average molecular weight is 240 g/mol. The van der Waals surface area contributed by atoms with E-state index in [1.54, 1.807) is 11.0 Å². The third-order valence-corrected chi connectivity index (χ3v) is 5.09. The fraction of sp³-hybridized carbons (Fsp3) is 0.706. The van der Waals surface area contributed by atoms with Crippen LogP contribution in [0.25, 0.3) is 0 Å². The Kier molecular flexibility index (Phi) is 4.18. The van der Waals surface area contributed by atoms with Gasteiger partial charge in [-0.3, -0.25) is 0 Å². The van der Waals surface area contributed by atoms with Crippen molar-refractivity contribution in [3.63, 3.8) is 0 Å². The van der Waals surface area contributed by atoms with E-state index in [0.29, 0.717) is 0 Å². The Hall–Kier alpha value is -0.585. The third-order valence-electron chi connectivity index (χ3n) is 5.09. The molecule has 0 unspecified atom stereocenters. The molecule has 2 aliphatic rings. The summed E-state index contributed by atoms with van der Waals surface area (Å²) in [4.78, 5) is 0. The molecule has 1 aromatic rings. The molecule has 2 fully saturated rings. The summed E-state index contributed by atoms with van der Waals surface area (Å²) in [6.45, 7) is 2.43. The summed E-state index contributed by atoms with van der Waals surface area (Å²) >= 11 is 0. The summed E-state index contributed by atoms with van der Waals surface area (Å²) in [6.07, 6.45) is 14.5. The van der Waals surface area contributed by atoms with E-state index in [1.807, 2.05) is 0 Å². The van der Waals surface area contributed by atoms with E-state index < -0.39 is 0 Å². The molecule has 18 heavy (non-hydrogen) atoms. The van der Waals surface area contributed by atoms with Crippen LogP contribution in [0.1, 0.15) is 87.1 Å². The maximum absolute atomic E-state index is 2.43. The van der Waals surface area contributed by atoms with Crippen molar-refractivity contribution in [3.05, 3.63) is 29.1 Å². The van der Waals surface area contributed by atoms with E-state index in [4.69, 9.17) is 0 Å². The first-order valence-corrected chi connectivity index (χ1v) is 8.04. The van der Waals surface area contributed by atoms with Gasteiger partial charge in [-0.1, -0.05) is 0 Å². The van der Waals surface area contributed by atoms with Crippen molar-refractivity contribution in [2.24, 2.45) is 0 Å². The van der Waals surface area contributed by atoms with Gasteiger partial charge in [0.2, 0.25) is 0 Å². The first-order valence-electron chi connectivity index (χ1n) is 8.04. The first-order chi connectivity index (χ1) is 8.95. The fourth-order valence-electron chi connectivity index (χ4n) is 4.08. The molecule has 2 aliphatic carbocycles. The number of hydrogen-bond acceptors (Lipinski definition) is 0. The van der Waals surface area contributed by atoms with Crippen LogP contribution in [0.4, 0.5) is 0 Å². The molecule has 0 aromatic carbocycles. The van der Waals surface area contributed by atoms with Gasteiger partial charge >= 0.3 is 112 Å². The Balaban J connectivity index is 1.83. The van der Waals surface area contributed by atoms with Gasteiger partial charge in [-0.2, -0.15) is 0 Å². The van der Waals surface area contributed by atoms with E-state index in [9.17, 15) is 0 Å². The van der Waals surface area contributed by atoms with Crippen LogP contribution in [0.3, 0.4) is 0 Å². The molecule has 0 aliphatic heterocycles. The molecular formula is C17H25B. The molecular weight excluding hydrogens is 215 g/mol. The van der Waals surface area contributed by atoms with E-state index in [1.165, 1.54) is 64.2 Å². The molecule has 0 nitrogen and oxygen atoms in total. The Morgan fingerprint density at radius 1 is 0.778 bits per heavy atom. The second-order valence-electron chi connectivity index (χ2n) is 6.30. The molecule has 1 heteroatoms. The van der Waals surface area contributed by atoms with Crippen LogP contribution in [-0.2, 0) is 0 Å². The molecule has 0 radical (unpaired) electrons. The van der Waals surface area contributed by atoms with Crippen LogP contribution < -0.4 is 0 Å². The summed E-state index contributed by atoms with van der Waals surface area (Å²) in [5, 5.41) is 0. The maximum atomic E-state index is 2.43. The zero-order valence-corrected chi connectivity index (χ0v) is 11.5. The van der Waals surface area contributed by atoms with Gasteiger partial charge in [0.15, 0.2) is 0 Å². The summed E-state index contributed by atoms with van der Waals surface area (Å²) < 4.78 is 0. The minimum atomic E-state index is 0.872. The second-order valence-corrected chi connectivity index (χ2v) is 6.30. The van der Waals surface area contributed by atoms with E-state index >= 15 is 0 Å². The molecule has 2 saturated carbocycles. The molecule has 0 N–H and O–H groups in total.